The molecule has 1 atom stereocenters. The number of aliphatic imine (C=N–C) groups is 1. The van der Waals surface area contributed by atoms with Crippen LogP contribution in [0.1, 0.15) is 12.5 Å². The molecule has 2 aromatic rings. The van der Waals surface area contributed by atoms with Crippen LogP contribution >= 0.6 is 11.6 Å². The number of guanidine groups is 1. The maximum atomic E-state index is 12.1. The van der Waals surface area contributed by atoms with E-state index in [2.05, 4.69) is 4.99 Å². The highest BCUT2D eigenvalue weighted by atomic mass is 35.5. The van der Waals surface area contributed by atoms with Crippen molar-refractivity contribution in [3.63, 3.8) is 0 Å². The first kappa shape index (κ1) is 21.8. The summed E-state index contributed by atoms with van der Waals surface area (Å²) in [5.74, 6) is -0.141. The van der Waals surface area contributed by atoms with Crippen LogP contribution in [0.2, 0.25) is 5.02 Å². The molecule has 1 unspecified atom stereocenters. The summed E-state index contributed by atoms with van der Waals surface area (Å²) in [5.41, 5.74) is 12.3. The number of nitrogens with zero attached hydrogens (tertiary/aromatic N) is 1. The fraction of sp³-hybridized carbons (Fsp3) is 0.167. The van der Waals surface area contributed by atoms with E-state index in [0.717, 1.165) is 5.56 Å². The lowest BCUT2D eigenvalue weighted by atomic mass is 10.0. The number of esters is 1. The summed E-state index contributed by atoms with van der Waals surface area (Å²) in [6.45, 7) is 1.81. The van der Waals surface area contributed by atoms with Crippen molar-refractivity contribution in [3.8, 4) is 5.75 Å². The molecule has 2 aromatic carbocycles. The molecule has 0 bridgehead atoms. The van der Waals surface area contributed by atoms with Crippen molar-refractivity contribution in [2.45, 2.75) is 13.3 Å². The monoisotopic (exact) mass is 391 g/mol. The highest BCUT2D eigenvalue weighted by Crippen LogP contribution is 2.20. The number of carbonyl (C=O) groups excluding carboxylic acids is 2. The molecule has 4 N–H and O–H groups in total. The van der Waals surface area contributed by atoms with Gasteiger partial charge in [-0.3, -0.25) is 4.79 Å². The summed E-state index contributed by atoms with van der Waals surface area (Å²) in [7, 11) is 0. The zero-order chi connectivity index (χ0) is 20.4. The summed E-state index contributed by atoms with van der Waals surface area (Å²) in [6, 6.07) is 14.1. The molecule has 0 aliphatic heterocycles. The molecular formula is C18H18ClN3O5-2. The van der Waals surface area contributed by atoms with Crippen LogP contribution in [0.5, 0.6) is 5.75 Å². The Morgan fingerprint density at radius 3 is 2.30 bits per heavy atom. The van der Waals surface area contributed by atoms with Gasteiger partial charge in [-0.1, -0.05) is 30.7 Å². The standard InChI is InChI=1S/C17H18ClN3O2.CH2O3/c1-11(16(22)23-15-7-5-13(18)6-8-15)9-12-3-2-4-14(10-12)21-17(19)20;2-1(3)4/h2-8,10-11H,9H2,1H3,(H4,19,20,21);(H2,2,3,4)/p-2. The number of halogens is 1. The van der Waals surface area contributed by atoms with E-state index in [4.69, 9.17) is 42.8 Å². The SMILES string of the molecule is CC(Cc1cccc(N=C(N)N)c1)C(=O)Oc1ccc(Cl)cc1.O=C([O-])[O-]. The van der Waals surface area contributed by atoms with Crippen molar-refractivity contribution in [1.82, 2.24) is 0 Å². The Balaban J connectivity index is 0.000000828. The average molecular weight is 392 g/mol. The van der Waals surface area contributed by atoms with E-state index in [0.29, 0.717) is 22.9 Å². The van der Waals surface area contributed by atoms with Gasteiger partial charge in [0.1, 0.15) is 5.75 Å². The third-order valence-corrected chi connectivity index (χ3v) is 3.40. The van der Waals surface area contributed by atoms with Crippen molar-refractivity contribution < 1.29 is 24.5 Å². The molecule has 144 valence electrons. The van der Waals surface area contributed by atoms with Gasteiger partial charge in [-0.05, 0) is 54.5 Å². The molecule has 0 saturated heterocycles. The van der Waals surface area contributed by atoms with E-state index in [1.165, 1.54) is 0 Å². The highest BCUT2D eigenvalue weighted by Gasteiger charge is 2.16. The first-order valence-electron chi connectivity index (χ1n) is 7.71. The minimum Gasteiger partial charge on any atom is -0.652 e. The molecule has 27 heavy (non-hydrogen) atoms. The Labute approximate surface area is 161 Å². The number of nitrogens with two attached hydrogens (primary N) is 2. The Bertz CT molecular complexity index is 801. The Kier molecular flexibility index (Phi) is 8.61. The second kappa shape index (κ2) is 10.7. The number of benzene rings is 2. The summed E-state index contributed by atoms with van der Waals surface area (Å²) >= 11 is 5.80. The van der Waals surface area contributed by atoms with Crippen LogP contribution in [0.4, 0.5) is 10.5 Å². The number of carbonyl (C=O) groups is 2. The second-order valence-corrected chi connectivity index (χ2v) is 5.87. The third-order valence-electron chi connectivity index (χ3n) is 3.15. The maximum Gasteiger partial charge on any atom is 0.314 e. The molecule has 0 aliphatic carbocycles. The van der Waals surface area contributed by atoms with E-state index < -0.39 is 6.16 Å². The van der Waals surface area contributed by atoms with Crippen LogP contribution in [-0.4, -0.2) is 18.1 Å². The summed E-state index contributed by atoms with van der Waals surface area (Å²) in [4.78, 5) is 24.5. The van der Waals surface area contributed by atoms with Gasteiger partial charge in [-0.15, -0.1) is 0 Å². The van der Waals surface area contributed by atoms with Crippen LogP contribution in [0.15, 0.2) is 53.5 Å². The molecule has 8 nitrogen and oxygen atoms in total. The normalized spacial score (nSPS) is 10.7. The zero-order valence-corrected chi connectivity index (χ0v) is 15.2. The molecule has 9 heteroatoms. The van der Waals surface area contributed by atoms with Crippen LogP contribution in [0.25, 0.3) is 0 Å². The minimum absolute atomic E-state index is 0.00246. The van der Waals surface area contributed by atoms with Crippen molar-refractivity contribution in [2.75, 3.05) is 0 Å². The first-order valence-corrected chi connectivity index (χ1v) is 8.09. The van der Waals surface area contributed by atoms with Crippen LogP contribution in [0.3, 0.4) is 0 Å². The molecule has 0 amide bonds. The number of carboxylic acid groups (broad SMARTS) is 2. The van der Waals surface area contributed by atoms with Crippen LogP contribution < -0.4 is 26.4 Å². The number of hydrogen-bond acceptors (Lipinski definition) is 6. The smallest absolute Gasteiger partial charge is 0.314 e. The lowest BCUT2D eigenvalue weighted by Crippen LogP contribution is -2.37. The number of hydrogen-bond donors (Lipinski definition) is 2. The largest absolute Gasteiger partial charge is 0.652 e. The van der Waals surface area contributed by atoms with Gasteiger partial charge in [-0.25, -0.2) is 4.99 Å². The molecule has 0 heterocycles. The molecule has 0 saturated carbocycles. The van der Waals surface area contributed by atoms with Gasteiger partial charge in [0.15, 0.2) is 5.96 Å². The van der Waals surface area contributed by atoms with E-state index >= 15 is 0 Å². The highest BCUT2D eigenvalue weighted by molar-refractivity contribution is 6.30. The lowest BCUT2D eigenvalue weighted by molar-refractivity contribution is -0.415. The topological polar surface area (TPSA) is 154 Å². The van der Waals surface area contributed by atoms with Crippen molar-refractivity contribution in [1.29, 1.82) is 0 Å². The van der Waals surface area contributed by atoms with E-state index in [1.807, 2.05) is 25.1 Å². The van der Waals surface area contributed by atoms with E-state index in [-0.39, 0.29) is 17.8 Å². The third kappa shape index (κ3) is 9.13. The first-order chi connectivity index (χ1) is 12.7. The number of ether oxygens (including phenoxy) is 1. The van der Waals surface area contributed by atoms with Gasteiger partial charge >= 0.3 is 5.97 Å². The van der Waals surface area contributed by atoms with Crippen molar-refractivity contribution in [3.05, 3.63) is 59.1 Å². The van der Waals surface area contributed by atoms with Crippen LogP contribution in [0, 0.1) is 5.92 Å². The van der Waals surface area contributed by atoms with Crippen LogP contribution in [-0.2, 0) is 11.2 Å². The van der Waals surface area contributed by atoms with Gasteiger partial charge in [0.05, 0.1) is 11.6 Å². The summed E-state index contributed by atoms with van der Waals surface area (Å²) in [6.07, 6.45) is -1.81. The zero-order valence-electron chi connectivity index (χ0n) is 14.4. The Morgan fingerprint density at radius 1 is 1.15 bits per heavy atom. The predicted molar refractivity (Wildman–Crippen MR) is 97.3 cm³/mol. The van der Waals surface area contributed by atoms with Gasteiger partial charge in [0, 0.05) is 5.02 Å². The van der Waals surface area contributed by atoms with Crippen molar-refractivity contribution >= 4 is 35.4 Å². The average Bonchev–Trinajstić information content (AvgIpc) is 2.56. The predicted octanol–water partition coefficient (Wildman–Crippen LogP) is 0.582. The van der Waals surface area contributed by atoms with Crippen molar-refractivity contribution in [2.24, 2.45) is 22.4 Å². The Hall–Kier alpha value is -3.26. The molecule has 0 aromatic heterocycles. The number of rotatable bonds is 5. The fourth-order valence-corrected chi connectivity index (χ4v) is 2.18. The van der Waals surface area contributed by atoms with Gasteiger partial charge in [0.25, 0.3) is 0 Å². The molecule has 0 spiro atoms. The quantitative estimate of drug-likeness (QED) is 0.327. The van der Waals surface area contributed by atoms with Gasteiger partial charge < -0.3 is 31.2 Å². The van der Waals surface area contributed by atoms with E-state index in [1.54, 1.807) is 30.3 Å². The summed E-state index contributed by atoms with van der Waals surface area (Å²) < 4.78 is 5.33. The molecule has 2 rings (SSSR count). The van der Waals surface area contributed by atoms with E-state index in [9.17, 15) is 4.79 Å². The van der Waals surface area contributed by atoms with Gasteiger partial charge in [-0.2, -0.15) is 0 Å². The second-order valence-electron chi connectivity index (χ2n) is 5.44. The summed E-state index contributed by atoms with van der Waals surface area (Å²) in [5, 5.41) is 17.3. The minimum atomic E-state index is -2.33. The van der Waals surface area contributed by atoms with Gasteiger partial charge in [0.2, 0.25) is 0 Å². The molecule has 0 aliphatic rings. The lowest BCUT2D eigenvalue weighted by Gasteiger charge is -2.11. The maximum absolute atomic E-state index is 12.1. The molecule has 0 radical (unpaired) electrons. The molecule has 0 fully saturated rings. The Morgan fingerprint density at radius 2 is 1.74 bits per heavy atom. The molecular weight excluding hydrogens is 374 g/mol. The fourth-order valence-electron chi connectivity index (χ4n) is 2.06.